The molecule has 0 radical (unpaired) electrons. The maximum Gasteiger partial charge on any atom is 0.243 e. The molecule has 25 heavy (non-hydrogen) atoms. The van der Waals surface area contributed by atoms with Crippen molar-refractivity contribution in [1.29, 1.82) is 0 Å². The smallest absolute Gasteiger partial charge is 0.243 e. The zero-order valence-electron chi connectivity index (χ0n) is 14.8. The lowest BCUT2D eigenvalue weighted by Gasteiger charge is -2.21. The first-order valence-corrected chi connectivity index (χ1v) is 10.9. The number of hydrogen-bond acceptors (Lipinski definition) is 5. The summed E-state index contributed by atoms with van der Waals surface area (Å²) in [5.41, 5.74) is 0. The summed E-state index contributed by atoms with van der Waals surface area (Å²) in [6.07, 6.45) is 2.81. The van der Waals surface area contributed by atoms with Gasteiger partial charge in [-0.1, -0.05) is 32.0 Å². The number of rotatable bonds is 5. The summed E-state index contributed by atoms with van der Waals surface area (Å²) in [6.45, 7) is 7.89. The van der Waals surface area contributed by atoms with Crippen molar-refractivity contribution in [2.45, 2.75) is 37.6 Å². The molecule has 0 bridgehead atoms. The molecule has 1 aliphatic rings. The summed E-state index contributed by atoms with van der Waals surface area (Å²) < 4.78 is 27.2. The van der Waals surface area contributed by atoms with E-state index >= 15 is 0 Å². The quantitative estimate of drug-likeness (QED) is 0.801. The van der Waals surface area contributed by atoms with E-state index < -0.39 is 10.0 Å². The normalized spacial score (nSPS) is 17.7. The molecule has 1 aromatic carbocycles. The number of aromatic nitrogens is 1. The second kappa shape index (κ2) is 7.95. The van der Waals surface area contributed by atoms with Crippen LogP contribution in [-0.2, 0) is 16.6 Å². The second-order valence-electron chi connectivity index (χ2n) is 6.66. The third-order valence-electron chi connectivity index (χ3n) is 4.43. The highest BCUT2D eigenvalue weighted by Gasteiger charge is 2.26. The first-order valence-electron chi connectivity index (χ1n) is 8.69. The van der Waals surface area contributed by atoms with Crippen LogP contribution < -0.4 is 0 Å². The standard InChI is InChI=1S/C18H25N3O2S2/c1-15(2)17-13-19-18(24-17)14-20-9-6-10-21(12-11-20)25(22,23)16-7-4-3-5-8-16/h3-5,7-8,13,15H,6,9-12,14H2,1-2H3. The Morgan fingerprint density at radius 3 is 2.56 bits per heavy atom. The molecule has 2 heterocycles. The average Bonchev–Trinajstić information content (AvgIpc) is 2.94. The minimum atomic E-state index is -3.40. The SMILES string of the molecule is CC(C)c1cnc(CN2CCCN(S(=O)(=O)c3ccccc3)CC2)s1. The van der Waals surface area contributed by atoms with Crippen LogP contribution in [0.25, 0.3) is 0 Å². The fourth-order valence-corrected chi connectivity index (χ4v) is 5.40. The van der Waals surface area contributed by atoms with Crippen molar-refractivity contribution in [2.24, 2.45) is 0 Å². The molecule has 1 aliphatic heterocycles. The first kappa shape index (κ1) is 18.5. The van der Waals surface area contributed by atoms with E-state index in [0.717, 1.165) is 31.1 Å². The fraction of sp³-hybridized carbons (Fsp3) is 0.500. The Balaban J connectivity index is 1.64. The van der Waals surface area contributed by atoms with Gasteiger partial charge in [0.25, 0.3) is 0 Å². The predicted octanol–water partition coefficient (Wildman–Crippen LogP) is 3.16. The molecule has 0 unspecified atom stereocenters. The highest BCUT2D eigenvalue weighted by molar-refractivity contribution is 7.89. The summed E-state index contributed by atoms with van der Waals surface area (Å²) in [4.78, 5) is 8.51. The molecule has 5 nitrogen and oxygen atoms in total. The lowest BCUT2D eigenvalue weighted by molar-refractivity contribution is 0.278. The van der Waals surface area contributed by atoms with Gasteiger partial charge in [0.2, 0.25) is 10.0 Å². The van der Waals surface area contributed by atoms with Gasteiger partial charge in [-0.15, -0.1) is 11.3 Å². The van der Waals surface area contributed by atoms with Gasteiger partial charge in [-0.3, -0.25) is 4.90 Å². The summed E-state index contributed by atoms with van der Waals surface area (Å²) in [5.74, 6) is 0.502. The van der Waals surface area contributed by atoms with E-state index in [1.54, 1.807) is 39.9 Å². The first-order chi connectivity index (χ1) is 12.0. The van der Waals surface area contributed by atoms with Crippen LogP contribution in [0.2, 0.25) is 0 Å². The molecule has 136 valence electrons. The van der Waals surface area contributed by atoms with Crippen LogP contribution >= 0.6 is 11.3 Å². The molecule has 0 aliphatic carbocycles. The van der Waals surface area contributed by atoms with Crippen molar-refractivity contribution >= 4 is 21.4 Å². The van der Waals surface area contributed by atoms with E-state index in [0.29, 0.717) is 23.9 Å². The zero-order chi connectivity index (χ0) is 17.9. The molecular weight excluding hydrogens is 354 g/mol. The van der Waals surface area contributed by atoms with E-state index in [1.165, 1.54) is 4.88 Å². The Kier molecular flexibility index (Phi) is 5.89. The monoisotopic (exact) mass is 379 g/mol. The van der Waals surface area contributed by atoms with Gasteiger partial charge in [0.1, 0.15) is 5.01 Å². The Morgan fingerprint density at radius 1 is 1.12 bits per heavy atom. The molecule has 0 N–H and O–H groups in total. The molecule has 0 amide bonds. The highest BCUT2D eigenvalue weighted by atomic mass is 32.2. The molecule has 1 fully saturated rings. The number of thiazole rings is 1. The lowest BCUT2D eigenvalue weighted by atomic mass is 10.2. The third kappa shape index (κ3) is 4.47. The molecule has 3 rings (SSSR count). The van der Waals surface area contributed by atoms with Crippen LogP contribution in [0.5, 0.6) is 0 Å². The summed E-state index contributed by atoms with van der Waals surface area (Å²) in [7, 11) is -3.40. The van der Waals surface area contributed by atoms with Gasteiger partial charge in [0.05, 0.1) is 11.4 Å². The van der Waals surface area contributed by atoms with Gasteiger partial charge in [0, 0.05) is 30.7 Å². The number of nitrogens with zero attached hydrogens (tertiary/aromatic N) is 3. The second-order valence-corrected chi connectivity index (χ2v) is 9.74. The minimum Gasteiger partial charge on any atom is -0.295 e. The van der Waals surface area contributed by atoms with E-state index in [1.807, 2.05) is 12.3 Å². The molecule has 0 atom stereocenters. The van der Waals surface area contributed by atoms with Crippen molar-refractivity contribution in [3.05, 3.63) is 46.4 Å². The Morgan fingerprint density at radius 2 is 1.88 bits per heavy atom. The molecule has 2 aromatic rings. The van der Waals surface area contributed by atoms with Gasteiger partial charge < -0.3 is 0 Å². The number of benzene rings is 1. The van der Waals surface area contributed by atoms with Crippen LogP contribution in [0, 0.1) is 0 Å². The van der Waals surface area contributed by atoms with Crippen LogP contribution in [0.1, 0.15) is 36.1 Å². The Bertz CT molecular complexity index is 788. The maximum atomic E-state index is 12.8. The average molecular weight is 380 g/mol. The topological polar surface area (TPSA) is 53.5 Å². The summed E-state index contributed by atoms with van der Waals surface area (Å²) >= 11 is 1.76. The van der Waals surface area contributed by atoms with Crippen LogP contribution in [0.3, 0.4) is 0 Å². The van der Waals surface area contributed by atoms with Crippen molar-refractivity contribution in [3.63, 3.8) is 0 Å². The number of hydrogen-bond donors (Lipinski definition) is 0. The largest absolute Gasteiger partial charge is 0.295 e. The third-order valence-corrected chi connectivity index (χ3v) is 7.62. The Hall–Kier alpha value is -1.28. The molecular formula is C18H25N3O2S2. The maximum absolute atomic E-state index is 12.8. The summed E-state index contributed by atoms with van der Waals surface area (Å²) in [6, 6.07) is 8.71. The van der Waals surface area contributed by atoms with Crippen molar-refractivity contribution < 1.29 is 8.42 Å². The highest BCUT2D eigenvalue weighted by Crippen LogP contribution is 2.23. The predicted molar refractivity (Wildman–Crippen MR) is 101 cm³/mol. The molecule has 7 heteroatoms. The van der Waals surface area contributed by atoms with E-state index in [4.69, 9.17) is 0 Å². The van der Waals surface area contributed by atoms with Gasteiger partial charge in [-0.2, -0.15) is 4.31 Å². The zero-order valence-corrected chi connectivity index (χ0v) is 16.4. The van der Waals surface area contributed by atoms with Crippen LogP contribution in [0.15, 0.2) is 41.4 Å². The van der Waals surface area contributed by atoms with Crippen molar-refractivity contribution in [1.82, 2.24) is 14.2 Å². The molecule has 1 saturated heterocycles. The van der Waals surface area contributed by atoms with Gasteiger partial charge >= 0.3 is 0 Å². The van der Waals surface area contributed by atoms with Crippen LogP contribution in [0.4, 0.5) is 0 Å². The fourth-order valence-electron chi connectivity index (χ4n) is 2.94. The van der Waals surface area contributed by atoms with Crippen molar-refractivity contribution in [3.8, 4) is 0 Å². The van der Waals surface area contributed by atoms with E-state index in [9.17, 15) is 8.42 Å². The Labute approximate surface area is 154 Å². The van der Waals surface area contributed by atoms with E-state index in [-0.39, 0.29) is 0 Å². The van der Waals surface area contributed by atoms with Crippen LogP contribution in [-0.4, -0.2) is 48.8 Å². The minimum absolute atomic E-state index is 0.380. The summed E-state index contributed by atoms with van der Waals surface area (Å²) in [5, 5.41) is 1.11. The lowest BCUT2D eigenvalue weighted by Crippen LogP contribution is -2.35. The van der Waals surface area contributed by atoms with Gasteiger partial charge in [0.15, 0.2) is 0 Å². The number of sulfonamides is 1. The van der Waals surface area contributed by atoms with Crippen molar-refractivity contribution in [2.75, 3.05) is 26.2 Å². The van der Waals surface area contributed by atoms with Gasteiger partial charge in [-0.05, 0) is 31.0 Å². The molecule has 0 saturated carbocycles. The van der Waals surface area contributed by atoms with E-state index in [2.05, 4.69) is 23.7 Å². The van der Waals surface area contributed by atoms with Gasteiger partial charge in [-0.25, -0.2) is 13.4 Å². The molecule has 0 spiro atoms. The molecule has 1 aromatic heterocycles.